The standard InChI is InChI=1S/C23H31N3O3S/c1-4-29-22(28)20-15(2)26(3)23(30)25-21(20)17-10-7-11-18(14-17)24-19(27)13-12-16-8-5-6-9-16/h7,10-11,14,16,21H,4-6,8-9,12-13H2,1-3H3,(H,24,27)(H,25,30). The fourth-order valence-corrected chi connectivity index (χ4v) is 4.47. The number of carbonyl (C=O) groups excluding carboxylic acids is 2. The molecule has 7 heteroatoms. The van der Waals surface area contributed by atoms with Crippen molar-refractivity contribution < 1.29 is 14.3 Å². The Morgan fingerprint density at radius 2 is 2.03 bits per heavy atom. The highest BCUT2D eigenvalue weighted by molar-refractivity contribution is 7.80. The van der Waals surface area contributed by atoms with E-state index in [2.05, 4.69) is 10.6 Å². The fraction of sp³-hybridized carbons (Fsp3) is 0.522. The van der Waals surface area contributed by atoms with Crippen LogP contribution in [0.2, 0.25) is 0 Å². The van der Waals surface area contributed by atoms with E-state index in [0.717, 1.165) is 23.4 Å². The number of rotatable bonds is 7. The predicted molar refractivity (Wildman–Crippen MR) is 122 cm³/mol. The van der Waals surface area contributed by atoms with Gasteiger partial charge in [-0.05, 0) is 56.1 Å². The van der Waals surface area contributed by atoms with Crippen LogP contribution in [0.3, 0.4) is 0 Å². The van der Waals surface area contributed by atoms with Crippen LogP contribution < -0.4 is 10.6 Å². The topological polar surface area (TPSA) is 70.7 Å². The molecule has 1 amide bonds. The second-order valence-electron chi connectivity index (χ2n) is 8.02. The van der Waals surface area contributed by atoms with Crippen molar-refractivity contribution in [3.63, 3.8) is 0 Å². The third kappa shape index (κ3) is 5.19. The quantitative estimate of drug-likeness (QED) is 0.498. The highest BCUT2D eigenvalue weighted by Gasteiger charge is 2.33. The van der Waals surface area contributed by atoms with Gasteiger partial charge in [0, 0.05) is 24.9 Å². The van der Waals surface area contributed by atoms with Crippen LogP contribution in [0.15, 0.2) is 35.5 Å². The first kappa shape index (κ1) is 22.3. The lowest BCUT2D eigenvalue weighted by molar-refractivity contribution is -0.139. The number of nitrogens with zero attached hydrogens (tertiary/aromatic N) is 1. The molecule has 1 aromatic rings. The summed E-state index contributed by atoms with van der Waals surface area (Å²) in [6.07, 6.45) is 6.55. The second kappa shape index (κ2) is 10.1. The van der Waals surface area contributed by atoms with E-state index in [-0.39, 0.29) is 11.9 Å². The van der Waals surface area contributed by atoms with Crippen LogP contribution in [0.1, 0.15) is 64.0 Å². The van der Waals surface area contributed by atoms with Gasteiger partial charge in [-0.25, -0.2) is 4.79 Å². The summed E-state index contributed by atoms with van der Waals surface area (Å²) in [5.41, 5.74) is 2.85. The number of benzene rings is 1. The summed E-state index contributed by atoms with van der Waals surface area (Å²) in [4.78, 5) is 26.9. The van der Waals surface area contributed by atoms with Crippen molar-refractivity contribution in [3.8, 4) is 0 Å². The molecule has 1 heterocycles. The molecule has 1 atom stereocenters. The first-order chi connectivity index (χ1) is 14.4. The summed E-state index contributed by atoms with van der Waals surface area (Å²) >= 11 is 5.44. The number of amides is 1. The molecule has 1 saturated carbocycles. The van der Waals surface area contributed by atoms with Crippen molar-refractivity contribution in [1.82, 2.24) is 10.2 Å². The Morgan fingerprint density at radius 1 is 1.30 bits per heavy atom. The molecule has 2 aliphatic rings. The number of hydrogen-bond donors (Lipinski definition) is 2. The number of thiocarbonyl (C=S) groups is 1. The van der Waals surface area contributed by atoms with Crippen LogP contribution in [0, 0.1) is 5.92 Å². The number of allylic oxidation sites excluding steroid dienone is 1. The molecule has 0 aromatic heterocycles. The van der Waals surface area contributed by atoms with Gasteiger partial charge in [0.25, 0.3) is 0 Å². The molecule has 1 aliphatic carbocycles. The minimum absolute atomic E-state index is 0.0308. The molecule has 3 rings (SSSR count). The maximum Gasteiger partial charge on any atom is 0.338 e. The number of anilines is 1. The van der Waals surface area contributed by atoms with E-state index >= 15 is 0 Å². The van der Waals surface area contributed by atoms with Gasteiger partial charge in [0.2, 0.25) is 5.91 Å². The maximum absolute atomic E-state index is 12.7. The zero-order chi connectivity index (χ0) is 21.7. The van der Waals surface area contributed by atoms with E-state index < -0.39 is 6.04 Å². The van der Waals surface area contributed by atoms with Gasteiger partial charge < -0.3 is 20.3 Å². The smallest absolute Gasteiger partial charge is 0.338 e. The van der Waals surface area contributed by atoms with Gasteiger partial charge in [0.15, 0.2) is 5.11 Å². The molecule has 0 bridgehead atoms. The Bertz CT molecular complexity index is 846. The van der Waals surface area contributed by atoms with Crippen molar-refractivity contribution in [1.29, 1.82) is 0 Å². The highest BCUT2D eigenvalue weighted by Crippen LogP contribution is 2.32. The van der Waals surface area contributed by atoms with Crippen LogP contribution in [-0.2, 0) is 14.3 Å². The number of nitrogens with one attached hydrogen (secondary N) is 2. The Labute approximate surface area is 184 Å². The van der Waals surface area contributed by atoms with E-state index in [9.17, 15) is 9.59 Å². The van der Waals surface area contributed by atoms with Crippen molar-refractivity contribution >= 4 is 34.9 Å². The third-order valence-electron chi connectivity index (χ3n) is 6.01. The molecule has 6 nitrogen and oxygen atoms in total. The molecule has 0 spiro atoms. The normalized spacial score (nSPS) is 19.6. The van der Waals surface area contributed by atoms with Gasteiger partial charge in [0.1, 0.15) is 0 Å². The molecule has 162 valence electrons. The SMILES string of the molecule is CCOC(=O)C1=C(C)N(C)C(=S)NC1c1cccc(NC(=O)CCC2CCCC2)c1. The van der Waals surface area contributed by atoms with E-state index in [1.165, 1.54) is 25.7 Å². The largest absolute Gasteiger partial charge is 0.463 e. The van der Waals surface area contributed by atoms with Crippen molar-refractivity contribution in [2.75, 3.05) is 19.0 Å². The van der Waals surface area contributed by atoms with E-state index in [4.69, 9.17) is 17.0 Å². The van der Waals surface area contributed by atoms with Crippen molar-refractivity contribution in [2.24, 2.45) is 5.92 Å². The number of carbonyl (C=O) groups is 2. The molecule has 1 fully saturated rings. The van der Waals surface area contributed by atoms with Gasteiger partial charge in [0.05, 0.1) is 18.2 Å². The van der Waals surface area contributed by atoms with Gasteiger partial charge in [-0.2, -0.15) is 0 Å². The number of ether oxygens (including phenoxy) is 1. The molecule has 1 unspecified atom stereocenters. The summed E-state index contributed by atoms with van der Waals surface area (Å²) in [5, 5.41) is 6.77. The minimum Gasteiger partial charge on any atom is -0.463 e. The fourth-order valence-electron chi connectivity index (χ4n) is 4.21. The molecular weight excluding hydrogens is 398 g/mol. The van der Waals surface area contributed by atoms with E-state index in [1.54, 1.807) is 11.8 Å². The summed E-state index contributed by atoms with van der Waals surface area (Å²) in [6, 6.07) is 7.13. The highest BCUT2D eigenvalue weighted by atomic mass is 32.1. The third-order valence-corrected chi connectivity index (χ3v) is 6.40. The lowest BCUT2D eigenvalue weighted by atomic mass is 9.94. The first-order valence-corrected chi connectivity index (χ1v) is 11.1. The molecule has 2 N–H and O–H groups in total. The van der Waals surface area contributed by atoms with Gasteiger partial charge in [-0.15, -0.1) is 0 Å². The zero-order valence-corrected chi connectivity index (χ0v) is 18.8. The summed E-state index contributed by atoms with van der Waals surface area (Å²) in [7, 11) is 1.82. The molecule has 0 radical (unpaired) electrons. The van der Waals surface area contributed by atoms with E-state index in [1.807, 2.05) is 38.2 Å². The van der Waals surface area contributed by atoms with Crippen LogP contribution in [0.4, 0.5) is 5.69 Å². The Kier molecular flexibility index (Phi) is 7.48. The molecule has 30 heavy (non-hydrogen) atoms. The molecule has 0 saturated heterocycles. The average Bonchev–Trinajstić information content (AvgIpc) is 3.24. The van der Waals surface area contributed by atoms with Crippen LogP contribution in [0.25, 0.3) is 0 Å². The van der Waals surface area contributed by atoms with Crippen LogP contribution >= 0.6 is 12.2 Å². The lowest BCUT2D eigenvalue weighted by Crippen LogP contribution is -2.46. The van der Waals surface area contributed by atoms with E-state index in [0.29, 0.717) is 29.6 Å². The first-order valence-electron chi connectivity index (χ1n) is 10.7. The Balaban J connectivity index is 1.76. The predicted octanol–water partition coefficient (Wildman–Crippen LogP) is 4.29. The maximum atomic E-state index is 12.7. The Morgan fingerprint density at radius 3 is 2.73 bits per heavy atom. The van der Waals surface area contributed by atoms with Gasteiger partial charge in [-0.1, -0.05) is 37.8 Å². The van der Waals surface area contributed by atoms with Crippen LogP contribution in [0.5, 0.6) is 0 Å². The van der Waals surface area contributed by atoms with Crippen molar-refractivity contribution in [3.05, 3.63) is 41.1 Å². The lowest BCUT2D eigenvalue weighted by Gasteiger charge is -2.35. The number of hydrogen-bond acceptors (Lipinski definition) is 4. The molecular formula is C23H31N3O3S. The minimum atomic E-state index is -0.428. The van der Waals surface area contributed by atoms with Crippen molar-refractivity contribution in [2.45, 2.75) is 58.4 Å². The summed E-state index contributed by atoms with van der Waals surface area (Å²) in [5.74, 6) is 0.350. The molecule has 1 aromatic carbocycles. The molecule has 1 aliphatic heterocycles. The van der Waals surface area contributed by atoms with Gasteiger partial charge >= 0.3 is 5.97 Å². The zero-order valence-electron chi connectivity index (χ0n) is 18.0. The van der Waals surface area contributed by atoms with Crippen LogP contribution in [-0.4, -0.2) is 35.5 Å². The summed E-state index contributed by atoms with van der Waals surface area (Å²) in [6.45, 7) is 3.95. The number of esters is 1. The monoisotopic (exact) mass is 429 g/mol. The second-order valence-corrected chi connectivity index (χ2v) is 8.41. The Hall–Kier alpha value is -2.41. The van der Waals surface area contributed by atoms with Gasteiger partial charge in [-0.3, -0.25) is 4.79 Å². The average molecular weight is 430 g/mol. The summed E-state index contributed by atoms with van der Waals surface area (Å²) < 4.78 is 5.29.